The molecule has 6 nitrogen and oxygen atoms in total. The number of ether oxygens (including phenoxy) is 3. The van der Waals surface area contributed by atoms with Crippen LogP contribution in [0, 0.1) is 5.92 Å². The van der Waals surface area contributed by atoms with Crippen LogP contribution in [-0.4, -0.2) is 38.9 Å². The molecule has 2 aliphatic rings. The van der Waals surface area contributed by atoms with Crippen molar-refractivity contribution in [2.24, 2.45) is 5.92 Å². The van der Waals surface area contributed by atoms with Crippen molar-refractivity contribution in [2.45, 2.75) is 12.8 Å². The number of benzene rings is 1. The molecule has 1 aromatic rings. The number of nitrogens with two attached hydrogens (primary N) is 1. The molecule has 0 bridgehead atoms. The quantitative estimate of drug-likeness (QED) is 0.651. The maximum absolute atomic E-state index is 12.3. The van der Waals surface area contributed by atoms with Crippen LogP contribution in [0.1, 0.15) is 23.2 Å². The minimum atomic E-state index is -0.456. The van der Waals surface area contributed by atoms with Crippen LogP contribution in [0.5, 0.6) is 11.5 Å². The van der Waals surface area contributed by atoms with E-state index in [0.29, 0.717) is 37.2 Å². The molecule has 0 unspecified atom stereocenters. The minimum Gasteiger partial charge on any atom is -0.485 e. The SMILES string of the molecule is Nc1c(Cl)cc(C(=O)OCC2CCNCC2)c2c1OCCO2. The van der Waals surface area contributed by atoms with E-state index in [1.165, 1.54) is 6.07 Å². The Labute approximate surface area is 133 Å². The summed E-state index contributed by atoms with van der Waals surface area (Å²) in [5, 5.41) is 3.54. The highest BCUT2D eigenvalue weighted by molar-refractivity contribution is 6.34. The lowest BCUT2D eigenvalue weighted by molar-refractivity contribution is 0.0407. The van der Waals surface area contributed by atoms with Gasteiger partial charge in [-0.2, -0.15) is 0 Å². The first-order valence-corrected chi connectivity index (χ1v) is 7.80. The number of nitrogens with one attached hydrogen (secondary N) is 1. The molecule has 0 amide bonds. The number of carbonyl (C=O) groups is 1. The van der Waals surface area contributed by atoms with E-state index in [0.717, 1.165) is 25.9 Å². The van der Waals surface area contributed by atoms with Gasteiger partial charge in [0.25, 0.3) is 0 Å². The first kappa shape index (κ1) is 15.2. The highest BCUT2D eigenvalue weighted by atomic mass is 35.5. The van der Waals surface area contributed by atoms with Gasteiger partial charge in [0.15, 0.2) is 11.5 Å². The van der Waals surface area contributed by atoms with Gasteiger partial charge in [0.2, 0.25) is 0 Å². The monoisotopic (exact) mass is 326 g/mol. The Bertz CT molecular complexity index is 573. The third-order valence-electron chi connectivity index (χ3n) is 3.93. The molecule has 1 fully saturated rings. The van der Waals surface area contributed by atoms with Gasteiger partial charge < -0.3 is 25.3 Å². The molecule has 22 heavy (non-hydrogen) atoms. The van der Waals surface area contributed by atoms with Gasteiger partial charge in [-0.3, -0.25) is 0 Å². The Hall–Kier alpha value is -1.66. The Morgan fingerprint density at radius 2 is 2.00 bits per heavy atom. The topological polar surface area (TPSA) is 82.8 Å². The maximum Gasteiger partial charge on any atom is 0.342 e. The summed E-state index contributed by atoms with van der Waals surface area (Å²) < 4.78 is 16.4. The van der Waals surface area contributed by atoms with Crippen molar-refractivity contribution in [3.8, 4) is 11.5 Å². The Morgan fingerprint density at radius 3 is 2.73 bits per heavy atom. The van der Waals surface area contributed by atoms with Crippen molar-refractivity contribution in [3.05, 3.63) is 16.7 Å². The summed E-state index contributed by atoms with van der Waals surface area (Å²) in [4.78, 5) is 12.3. The fourth-order valence-electron chi connectivity index (χ4n) is 2.67. The van der Waals surface area contributed by atoms with Gasteiger partial charge in [0, 0.05) is 0 Å². The Balaban J connectivity index is 1.75. The van der Waals surface area contributed by atoms with E-state index in [4.69, 9.17) is 31.5 Å². The number of fused-ring (bicyclic) bond motifs is 1. The molecule has 0 radical (unpaired) electrons. The van der Waals surface area contributed by atoms with Gasteiger partial charge in [-0.05, 0) is 37.9 Å². The summed E-state index contributed by atoms with van der Waals surface area (Å²) in [5.41, 5.74) is 6.42. The van der Waals surface area contributed by atoms with Crippen molar-refractivity contribution in [1.82, 2.24) is 5.32 Å². The number of carbonyl (C=O) groups excluding carboxylic acids is 1. The van der Waals surface area contributed by atoms with Gasteiger partial charge in [0.1, 0.15) is 18.8 Å². The fourth-order valence-corrected chi connectivity index (χ4v) is 2.86. The lowest BCUT2D eigenvalue weighted by Gasteiger charge is -2.24. The van der Waals surface area contributed by atoms with Gasteiger partial charge in [-0.1, -0.05) is 11.6 Å². The summed E-state index contributed by atoms with van der Waals surface area (Å²) in [6.07, 6.45) is 2.01. The molecule has 0 aromatic heterocycles. The molecular weight excluding hydrogens is 308 g/mol. The number of esters is 1. The van der Waals surface area contributed by atoms with E-state index in [2.05, 4.69) is 5.32 Å². The van der Waals surface area contributed by atoms with E-state index in [1.54, 1.807) is 0 Å². The smallest absolute Gasteiger partial charge is 0.342 e. The zero-order valence-electron chi connectivity index (χ0n) is 12.2. The zero-order valence-corrected chi connectivity index (χ0v) is 12.9. The van der Waals surface area contributed by atoms with E-state index in [-0.39, 0.29) is 16.3 Å². The molecule has 120 valence electrons. The third-order valence-corrected chi connectivity index (χ3v) is 4.24. The summed E-state index contributed by atoms with van der Waals surface area (Å²) in [6.45, 7) is 3.06. The average molecular weight is 327 g/mol. The van der Waals surface area contributed by atoms with Crippen LogP contribution in [0.15, 0.2) is 6.07 Å². The average Bonchev–Trinajstić information content (AvgIpc) is 2.57. The summed E-state index contributed by atoms with van der Waals surface area (Å²) >= 11 is 6.07. The molecule has 0 atom stereocenters. The number of hydrogen-bond acceptors (Lipinski definition) is 6. The third kappa shape index (κ3) is 3.08. The molecule has 0 spiro atoms. The molecule has 0 saturated carbocycles. The second-order valence-electron chi connectivity index (χ2n) is 5.47. The lowest BCUT2D eigenvalue weighted by atomic mass is 9.99. The number of piperidine rings is 1. The van der Waals surface area contributed by atoms with Crippen molar-refractivity contribution in [1.29, 1.82) is 0 Å². The lowest BCUT2D eigenvalue weighted by Crippen LogP contribution is -2.30. The van der Waals surface area contributed by atoms with Crippen LogP contribution in [0.3, 0.4) is 0 Å². The molecule has 0 aliphatic carbocycles. The van der Waals surface area contributed by atoms with Crippen LogP contribution in [-0.2, 0) is 4.74 Å². The van der Waals surface area contributed by atoms with Gasteiger partial charge in [-0.15, -0.1) is 0 Å². The Morgan fingerprint density at radius 1 is 1.32 bits per heavy atom. The number of halogens is 1. The summed E-state index contributed by atoms with van der Waals surface area (Å²) in [7, 11) is 0. The highest BCUT2D eigenvalue weighted by Crippen LogP contribution is 2.43. The molecular formula is C15H19ClN2O4. The van der Waals surface area contributed by atoms with Gasteiger partial charge >= 0.3 is 5.97 Å². The minimum absolute atomic E-state index is 0.262. The molecule has 2 heterocycles. The predicted molar refractivity (Wildman–Crippen MR) is 82.7 cm³/mol. The first-order valence-electron chi connectivity index (χ1n) is 7.42. The first-order chi connectivity index (χ1) is 10.7. The van der Waals surface area contributed by atoms with E-state index in [9.17, 15) is 4.79 Å². The van der Waals surface area contributed by atoms with Gasteiger partial charge in [-0.25, -0.2) is 4.79 Å². The van der Waals surface area contributed by atoms with E-state index >= 15 is 0 Å². The normalized spacial score (nSPS) is 18.0. The number of hydrogen-bond donors (Lipinski definition) is 2. The van der Waals surface area contributed by atoms with E-state index < -0.39 is 5.97 Å². The maximum atomic E-state index is 12.3. The largest absolute Gasteiger partial charge is 0.485 e. The van der Waals surface area contributed by atoms with Crippen molar-refractivity contribution in [3.63, 3.8) is 0 Å². The van der Waals surface area contributed by atoms with Crippen molar-refractivity contribution in [2.75, 3.05) is 38.6 Å². The molecule has 1 aromatic carbocycles. The van der Waals surface area contributed by atoms with Crippen LogP contribution < -0.4 is 20.5 Å². The number of rotatable bonds is 3. The zero-order chi connectivity index (χ0) is 15.5. The number of anilines is 1. The van der Waals surface area contributed by atoms with Gasteiger partial charge in [0.05, 0.1) is 17.3 Å². The van der Waals surface area contributed by atoms with Crippen molar-refractivity contribution >= 4 is 23.3 Å². The molecule has 3 rings (SSSR count). The second kappa shape index (κ2) is 6.62. The van der Waals surface area contributed by atoms with Crippen LogP contribution in [0.25, 0.3) is 0 Å². The van der Waals surface area contributed by atoms with Crippen LogP contribution in [0.4, 0.5) is 5.69 Å². The molecule has 2 aliphatic heterocycles. The van der Waals surface area contributed by atoms with Crippen LogP contribution >= 0.6 is 11.6 Å². The van der Waals surface area contributed by atoms with E-state index in [1.807, 2.05) is 0 Å². The molecule has 7 heteroatoms. The number of nitrogen functional groups attached to an aromatic ring is 1. The Kier molecular flexibility index (Phi) is 4.59. The molecule has 1 saturated heterocycles. The van der Waals surface area contributed by atoms with Crippen LogP contribution in [0.2, 0.25) is 5.02 Å². The second-order valence-corrected chi connectivity index (χ2v) is 5.87. The highest BCUT2D eigenvalue weighted by Gasteiger charge is 2.27. The van der Waals surface area contributed by atoms with Crippen molar-refractivity contribution < 1.29 is 19.0 Å². The fraction of sp³-hybridized carbons (Fsp3) is 0.533. The molecule has 3 N–H and O–H groups in total. The predicted octanol–water partition coefficient (Wildman–Crippen LogP) is 1.85. The summed E-state index contributed by atoms with van der Waals surface area (Å²) in [5.74, 6) is 0.584. The standard InChI is InChI=1S/C15H19ClN2O4/c16-11-7-10(13-14(12(11)17)21-6-5-20-13)15(19)22-8-9-1-3-18-4-2-9/h7,9,18H,1-6,8,17H2. The summed E-state index contributed by atoms with van der Waals surface area (Å²) in [6, 6.07) is 1.48.